The van der Waals surface area contributed by atoms with E-state index in [1.165, 1.54) is 0 Å². The molecular weight excluding hydrogens is 550 g/mol. The molecule has 42 heavy (non-hydrogen) atoms. The van der Waals surface area contributed by atoms with Crippen molar-refractivity contribution in [3.05, 3.63) is 95.1 Å². The third-order valence-electron chi connectivity index (χ3n) is 7.09. The largest absolute Gasteiger partial charge is 0.611 e. The number of carboxylic acid groups (broad SMARTS) is 1. The van der Waals surface area contributed by atoms with Crippen LogP contribution in [0.15, 0.2) is 77.7 Å². The molecule has 3 aromatic carbocycles. The molecule has 0 bridgehead atoms. The van der Waals surface area contributed by atoms with E-state index in [2.05, 4.69) is 28.9 Å². The molecule has 7 nitrogen and oxygen atoms in total. The highest BCUT2D eigenvalue weighted by molar-refractivity contribution is 7.92. The lowest BCUT2D eigenvalue weighted by molar-refractivity contribution is -0.139. The first-order chi connectivity index (χ1) is 20.5. The van der Waals surface area contributed by atoms with Crippen molar-refractivity contribution in [1.82, 2.24) is 4.90 Å². The molecule has 1 atom stereocenters. The quantitative estimate of drug-likeness (QED) is 0.252. The van der Waals surface area contributed by atoms with Gasteiger partial charge < -0.3 is 23.9 Å². The zero-order chi connectivity index (χ0) is 29.3. The number of nitrogens with zero attached hydrogens (tertiary/aromatic N) is 1. The van der Waals surface area contributed by atoms with Crippen LogP contribution in [0, 0.1) is 18.8 Å². The molecule has 0 aromatic heterocycles. The summed E-state index contributed by atoms with van der Waals surface area (Å²) in [7, 11) is 0. The van der Waals surface area contributed by atoms with Crippen LogP contribution in [0.3, 0.4) is 0 Å². The van der Waals surface area contributed by atoms with Crippen molar-refractivity contribution in [2.45, 2.75) is 29.9 Å². The van der Waals surface area contributed by atoms with Crippen molar-refractivity contribution < 1.29 is 28.7 Å². The number of hydrogen-bond donors (Lipinski definition) is 1. The second-order valence-corrected chi connectivity index (χ2v) is 12.1. The van der Waals surface area contributed by atoms with E-state index in [4.69, 9.17) is 19.3 Å². The van der Waals surface area contributed by atoms with Gasteiger partial charge in [-0.05, 0) is 101 Å². The van der Waals surface area contributed by atoms with E-state index in [-0.39, 0.29) is 0 Å². The molecule has 5 rings (SSSR count). The average Bonchev–Trinajstić information content (AvgIpc) is 3.86. The molecule has 1 N–H and O–H groups in total. The monoisotopic (exact) mass is 585 g/mol. The van der Waals surface area contributed by atoms with Crippen LogP contribution in [-0.4, -0.2) is 71.8 Å². The minimum atomic E-state index is -1.02. The first-order valence-corrected chi connectivity index (χ1v) is 15.4. The molecule has 0 radical (unpaired) electrons. The van der Waals surface area contributed by atoms with Crippen molar-refractivity contribution in [2.24, 2.45) is 0 Å². The normalized spacial score (nSPS) is 16.3. The van der Waals surface area contributed by atoms with Crippen LogP contribution in [0.4, 0.5) is 0 Å². The molecular formula is C34H35NO6S. The van der Waals surface area contributed by atoms with Crippen molar-refractivity contribution in [2.75, 3.05) is 46.1 Å². The molecule has 2 aliphatic rings. The van der Waals surface area contributed by atoms with E-state index in [0.717, 1.165) is 78.4 Å². The van der Waals surface area contributed by atoms with Gasteiger partial charge in [0, 0.05) is 31.5 Å². The Labute approximate surface area is 250 Å². The van der Waals surface area contributed by atoms with Gasteiger partial charge in [0.05, 0.1) is 19.8 Å². The van der Waals surface area contributed by atoms with Crippen LogP contribution in [0.5, 0.6) is 11.5 Å². The second-order valence-electron chi connectivity index (χ2n) is 10.3. The number of aryl methyl sites for hydroxylation is 1. The maximum atomic E-state index is 12.7. The summed E-state index contributed by atoms with van der Waals surface area (Å²) in [6.07, 6.45) is 4.10. The fraction of sp³-hybridized carbons (Fsp3) is 0.324. The number of hydrogen-bond acceptors (Lipinski definition) is 6. The summed E-state index contributed by atoms with van der Waals surface area (Å²) in [5.41, 5.74) is 4.79. The Morgan fingerprint density at radius 3 is 2.38 bits per heavy atom. The van der Waals surface area contributed by atoms with Gasteiger partial charge in [-0.3, -0.25) is 4.90 Å². The summed E-state index contributed by atoms with van der Waals surface area (Å²) in [6.45, 7) is 5.87. The summed E-state index contributed by atoms with van der Waals surface area (Å²) < 4.78 is 29.4. The lowest BCUT2D eigenvalue weighted by atomic mass is 9.97. The Balaban J connectivity index is 1.31. The van der Waals surface area contributed by atoms with E-state index in [0.29, 0.717) is 23.4 Å². The van der Waals surface area contributed by atoms with Crippen LogP contribution in [0.2, 0.25) is 0 Å². The Kier molecular flexibility index (Phi) is 10.2. The van der Waals surface area contributed by atoms with Crippen LogP contribution in [0.1, 0.15) is 35.1 Å². The summed E-state index contributed by atoms with van der Waals surface area (Å²) in [5.74, 6) is 6.70. The minimum Gasteiger partial charge on any atom is -0.611 e. The number of ether oxygens (including phenoxy) is 3. The first-order valence-electron chi connectivity index (χ1n) is 14.1. The minimum absolute atomic E-state index is 0.292. The molecule has 1 saturated carbocycles. The fourth-order valence-corrected chi connectivity index (χ4v) is 5.98. The standard InChI is InChI=1S/C34H35NO6S/c1-25-23-29(10-15-33(25)41-24-34(36)37)40-20-16-32(28-8-11-30(12-9-28)42(38)31-13-14-31)27-6-4-26(5-7-27)3-2-17-35-18-21-39-22-19-35/h4-12,15-16,23,31H,13-14,17-22,24H2,1H3,(H,36,37). The number of aliphatic carboxylic acids is 1. The molecule has 218 valence electrons. The van der Waals surface area contributed by atoms with Crippen LogP contribution >= 0.6 is 0 Å². The molecule has 1 heterocycles. The van der Waals surface area contributed by atoms with Crippen LogP contribution in [0.25, 0.3) is 5.57 Å². The van der Waals surface area contributed by atoms with Gasteiger partial charge in [0.1, 0.15) is 23.4 Å². The second kappa shape index (κ2) is 14.4. The third-order valence-corrected chi connectivity index (χ3v) is 8.91. The molecule has 1 aliphatic heterocycles. The molecule has 3 aromatic rings. The zero-order valence-electron chi connectivity index (χ0n) is 23.7. The lowest BCUT2D eigenvalue weighted by Crippen LogP contribution is -2.36. The van der Waals surface area contributed by atoms with Gasteiger partial charge in [-0.25, -0.2) is 4.79 Å². The highest BCUT2D eigenvalue weighted by atomic mass is 32.2. The molecule has 8 heteroatoms. The Morgan fingerprint density at radius 1 is 1.05 bits per heavy atom. The van der Waals surface area contributed by atoms with Gasteiger partial charge in [-0.1, -0.05) is 24.0 Å². The van der Waals surface area contributed by atoms with E-state index in [9.17, 15) is 9.35 Å². The average molecular weight is 586 g/mol. The van der Waals surface area contributed by atoms with Gasteiger partial charge in [-0.15, -0.1) is 0 Å². The Bertz CT molecular complexity index is 1450. The van der Waals surface area contributed by atoms with Crippen LogP contribution in [-0.2, 0) is 20.7 Å². The zero-order valence-corrected chi connectivity index (χ0v) is 24.5. The highest BCUT2D eigenvalue weighted by Gasteiger charge is 2.35. The highest BCUT2D eigenvalue weighted by Crippen LogP contribution is 2.34. The molecule has 1 aliphatic carbocycles. The topological polar surface area (TPSA) is 91.3 Å². The van der Waals surface area contributed by atoms with E-state index in [1.54, 1.807) is 12.1 Å². The summed E-state index contributed by atoms with van der Waals surface area (Å²) >= 11 is -0.950. The van der Waals surface area contributed by atoms with Crippen molar-refractivity contribution >= 4 is 22.7 Å². The molecule has 0 amide bonds. The Morgan fingerprint density at radius 2 is 1.74 bits per heavy atom. The Hall–Kier alpha value is -3.74. The maximum Gasteiger partial charge on any atom is 0.341 e. The predicted octanol–water partition coefficient (Wildman–Crippen LogP) is 4.92. The van der Waals surface area contributed by atoms with Gasteiger partial charge in [0.25, 0.3) is 0 Å². The van der Waals surface area contributed by atoms with E-state index < -0.39 is 23.8 Å². The molecule has 0 spiro atoms. The van der Waals surface area contributed by atoms with Crippen LogP contribution < -0.4 is 9.47 Å². The SMILES string of the molecule is Cc1cc(OCC=C(c2ccc(C#CCN3CCOCC3)cc2)c2ccc([S+]([O-])C3CC3)cc2)ccc1OCC(=O)O. The molecule has 1 unspecified atom stereocenters. The molecule has 2 fully saturated rings. The third kappa shape index (κ3) is 8.40. The van der Waals surface area contributed by atoms with Crippen molar-refractivity contribution in [1.29, 1.82) is 0 Å². The van der Waals surface area contributed by atoms with E-state index >= 15 is 0 Å². The molecule has 1 saturated heterocycles. The lowest BCUT2D eigenvalue weighted by Gasteiger charge is -2.24. The summed E-state index contributed by atoms with van der Waals surface area (Å²) in [4.78, 5) is 14.0. The van der Waals surface area contributed by atoms with E-state index in [1.807, 2.05) is 55.5 Å². The maximum absolute atomic E-state index is 12.7. The fourth-order valence-electron chi connectivity index (χ4n) is 4.63. The predicted molar refractivity (Wildman–Crippen MR) is 163 cm³/mol. The summed E-state index contributed by atoms with van der Waals surface area (Å²) in [6, 6.07) is 21.5. The number of rotatable bonds is 11. The number of carboxylic acids is 1. The smallest absolute Gasteiger partial charge is 0.341 e. The first kappa shape index (κ1) is 29.7. The van der Waals surface area contributed by atoms with Gasteiger partial charge in [0.2, 0.25) is 0 Å². The number of benzene rings is 3. The van der Waals surface area contributed by atoms with Gasteiger partial charge in [0.15, 0.2) is 11.5 Å². The van der Waals surface area contributed by atoms with Crippen molar-refractivity contribution in [3.63, 3.8) is 0 Å². The van der Waals surface area contributed by atoms with Crippen molar-refractivity contribution in [3.8, 4) is 23.3 Å². The number of carbonyl (C=O) groups is 1. The van der Waals surface area contributed by atoms with Gasteiger partial charge >= 0.3 is 5.97 Å². The van der Waals surface area contributed by atoms with Gasteiger partial charge in [-0.2, -0.15) is 0 Å². The number of morpholine rings is 1. The summed E-state index contributed by atoms with van der Waals surface area (Å²) in [5, 5.41) is 9.16.